The van der Waals surface area contributed by atoms with Crippen LogP contribution in [0.2, 0.25) is 0 Å². The Hall–Kier alpha value is -7.62. The minimum Gasteiger partial charge on any atom is -0.445 e. The highest BCUT2D eigenvalue weighted by molar-refractivity contribution is 7.46. The van der Waals surface area contributed by atoms with E-state index in [1.165, 1.54) is 41.9 Å². The first-order valence-corrected chi connectivity index (χ1v) is 37.8. The summed E-state index contributed by atoms with van der Waals surface area (Å²) in [5, 5.41) is 10.5. The molecule has 0 radical (unpaired) electrons. The van der Waals surface area contributed by atoms with Gasteiger partial charge in [0.15, 0.2) is 0 Å². The number of hydrogen-bond donors (Lipinski definition) is 6. The molecule has 4 unspecified atom stereocenters. The van der Waals surface area contributed by atoms with Gasteiger partial charge in [-0.3, -0.25) is 33.8 Å². The molecule has 4 atom stereocenters. The minimum atomic E-state index is -5.01. The van der Waals surface area contributed by atoms with Crippen molar-refractivity contribution in [2.75, 3.05) is 179 Å². The summed E-state index contributed by atoms with van der Waals surface area (Å²) in [5.41, 5.74) is 8.65. The highest BCUT2D eigenvalue weighted by atomic mass is 35.5. The van der Waals surface area contributed by atoms with E-state index in [-0.39, 0.29) is 129 Å². The van der Waals surface area contributed by atoms with Crippen LogP contribution in [-0.4, -0.2) is 238 Å². The van der Waals surface area contributed by atoms with Crippen LogP contribution in [0.3, 0.4) is 0 Å². The van der Waals surface area contributed by atoms with Gasteiger partial charge in [-0.1, -0.05) is 74.5 Å². The molecule has 3 heterocycles. The number of phosphoric acid groups is 1. The second kappa shape index (κ2) is 42.1. The monoisotopic (exact) mass is 1540 g/mol. The van der Waals surface area contributed by atoms with E-state index in [1.807, 2.05) is 12.1 Å². The Kier molecular flexibility index (Phi) is 33.3. The number of rotatable bonds is 44. The molecule has 572 valence electrons. The van der Waals surface area contributed by atoms with Crippen LogP contribution in [0.25, 0.3) is 21.5 Å². The number of fused-ring (bicyclic) bond motifs is 6. The molecule has 0 saturated heterocycles. The highest BCUT2D eigenvalue weighted by Crippen LogP contribution is 2.50. The normalized spacial score (nSPS) is 14.6. The molecule has 5 aromatic carbocycles. The average molecular weight is 1540 g/mol. The molecule has 33 heteroatoms. The second-order valence-corrected chi connectivity index (χ2v) is 27.7. The smallest absolute Gasteiger partial charge is 0.445 e. The molecule has 0 saturated carbocycles. The van der Waals surface area contributed by atoms with Crippen LogP contribution < -0.4 is 40.7 Å². The SMILES string of the molecule is COCCN(CCN(CCOC)C(=O)Oc1cc2c(c3ccccc13)C(CCl)CN2C(=O)c1ccc(C(=O)N2CC(CCl)c3c2cc(OP(=O)(O)O)c2ccccc32)s1)C(=O)OCc1ccc(NC(=O)C(C)NC(=O)C(NC(=O)CCOCCOCCOCCOCCOCCOCCN)C(C)C)cc1. The van der Waals surface area contributed by atoms with Crippen molar-refractivity contribution >= 4 is 123 Å². The van der Waals surface area contributed by atoms with Gasteiger partial charge in [-0.2, -0.15) is 0 Å². The van der Waals surface area contributed by atoms with Crippen LogP contribution in [0.4, 0.5) is 26.7 Å². The van der Waals surface area contributed by atoms with Crippen molar-refractivity contribution in [3.8, 4) is 11.5 Å². The fraction of sp³-hybridized carbons (Fsp3) is 0.486. The Labute approximate surface area is 623 Å². The third-order valence-electron chi connectivity index (χ3n) is 17.0. The third-order valence-corrected chi connectivity index (χ3v) is 19.3. The minimum absolute atomic E-state index is 0.00182. The average Bonchev–Trinajstić information content (AvgIpc) is 1.62. The Morgan fingerprint density at radius 1 is 0.581 bits per heavy atom. The molecule has 1 aromatic heterocycles. The molecule has 7 N–H and O–H groups in total. The number of halogens is 2. The lowest BCUT2D eigenvalue weighted by atomic mass is 9.95. The summed E-state index contributed by atoms with van der Waals surface area (Å²) in [5.74, 6) is -3.05. The zero-order valence-corrected chi connectivity index (χ0v) is 62.7. The van der Waals surface area contributed by atoms with E-state index in [1.54, 1.807) is 97.6 Å². The van der Waals surface area contributed by atoms with E-state index in [2.05, 4.69) is 16.0 Å². The first-order valence-electron chi connectivity index (χ1n) is 34.4. The van der Waals surface area contributed by atoms with E-state index in [0.717, 1.165) is 22.5 Å². The molecule has 7 amide bonds. The lowest BCUT2D eigenvalue weighted by Crippen LogP contribution is -2.53. The van der Waals surface area contributed by atoms with Crippen molar-refractivity contribution in [2.45, 2.75) is 57.7 Å². The fourth-order valence-electron chi connectivity index (χ4n) is 11.7. The van der Waals surface area contributed by atoms with Gasteiger partial charge in [0, 0.05) is 119 Å². The van der Waals surface area contributed by atoms with Gasteiger partial charge >= 0.3 is 20.0 Å². The first kappa shape index (κ1) is 83.0. The number of nitrogens with one attached hydrogen (secondary N) is 3. The number of nitrogens with two attached hydrogens (primary N) is 1. The molecule has 8 rings (SSSR count). The fourth-order valence-corrected chi connectivity index (χ4v) is 13.6. The number of ether oxygens (including phenoxy) is 10. The number of thiophene rings is 1. The van der Waals surface area contributed by atoms with Crippen molar-refractivity contribution in [3.63, 3.8) is 0 Å². The Morgan fingerprint density at radius 3 is 1.50 bits per heavy atom. The predicted octanol–water partition coefficient (Wildman–Crippen LogP) is 8.26. The van der Waals surface area contributed by atoms with Crippen molar-refractivity contribution in [3.05, 3.63) is 124 Å². The van der Waals surface area contributed by atoms with Gasteiger partial charge in [-0.05, 0) is 64.6 Å². The lowest BCUT2D eigenvalue weighted by Gasteiger charge is -2.27. The summed E-state index contributed by atoms with van der Waals surface area (Å²) >= 11 is 14.1. The van der Waals surface area contributed by atoms with Gasteiger partial charge in [0.05, 0.1) is 114 Å². The predicted molar refractivity (Wildman–Crippen MR) is 396 cm³/mol. The van der Waals surface area contributed by atoms with Crippen molar-refractivity contribution in [1.82, 2.24) is 20.4 Å². The summed E-state index contributed by atoms with van der Waals surface area (Å²) < 4.78 is 72.6. The molecule has 2 aliphatic heterocycles. The first-order chi connectivity index (χ1) is 50.7. The maximum atomic E-state index is 14.8. The Morgan fingerprint density at radius 2 is 1.04 bits per heavy atom. The van der Waals surface area contributed by atoms with Gasteiger partial charge in [0.1, 0.15) is 30.2 Å². The van der Waals surface area contributed by atoms with E-state index in [0.29, 0.717) is 117 Å². The molecule has 0 aliphatic carbocycles. The van der Waals surface area contributed by atoms with Crippen LogP contribution in [-0.2, 0) is 68.2 Å². The molecular weight excluding hydrogens is 1450 g/mol. The molecule has 6 aromatic rings. The van der Waals surface area contributed by atoms with E-state index in [9.17, 15) is 47.9 Å². The van der Waals surface area contributed by atoms with Gasteiger partial charge in [-0.25, -0.2) is 14.2 Å². The van der Waals surface area contributed by atoms with Crippen molar-refractivity contribution in [1.29, 1.82) is 0 Å². The van der Waals surface area contributed by atoms with Gasteiger partial charge in [-0.15, -0.1) is 34.5 Å². The number of hydrogen-bond acceptors (Lipinski definition) is 21. The van der Waals surface area contributed by atoms with Crippen LogP contribution in [0.15, 0.2) is 97.1 Å². The molecular formula is C72H93Cl2N8O21PS. The van der Waals surface area contributed by atoms with Crippen LogP contribution >= 0.6 is 42.4 Å². The summed E-state index contributed by atoms with van der Waals surface area (Å²) in [7, 11) is -2.05. The zero-order chi connectivity index (χ0) is 75.4. The number of alkyl halides is 2. The molecule has 0 bridgehead atoms. The lowest BCUT2D eigenvalue weighted by molar-refractivity contribution is -0.132. The molecule has 29 nitrogen and oxygen atoms in total. The van der Waals surface area contributed by atoms with Crippen LogP contribution in [0.1, 0.15) is 75.1 Å². The number of anilines is 3. The van der Waals surface area contributed by atoms with E-state index >= 15 is 0 Å². The quantitative estimate of drug-likeness (QED) is 0.0119. The maximum absolute atomic E-state index is 14.8. The number of benzene rings is 5. The number of amides is 7. The van der Waals surface area contributed by atoms with Gasteiger partial charge < -0.3 is 93.2 Å². The summed E-state index contributed by atoms with van der Waals surface area (Å²) in [4.78, 5) is 123. The molecule has 105 heavy (non-hydrogen) atoms. The van der Waals surface area contributed by atoms with E-state index in [4.69, 9.17) is 80.8 Å². The molecule has 0 spiro atoms. The highest BCUT2D eigenvalue weighted by Gasteiger charge is 2.40. The molecule has 0 fully saturated rings. The largest absolute Gasteiger partial charge is 0.524 e. The topological polar surface area (TPSA) is 354 Å². The summed E-state index contributed by atoms with van der Waals surface area (Å²) in [6.07, 6.45) is -1.49. The summed E-state index contributed by atoms with van der Waals surface area (Å²) in [6, 6.07) is 25.0. The standard InChI is InChI=1S/C72H93Cl2N8O21PS/c1-47(2)66(78-63(83)20-26-95-30-32-97-34-36-99-38-39-100-37-35-98-33-31-96-27-21-75)68(85)76-48(3)67(84)77-52-16-14-49(15-17-52)46-101-71(88)79(24-28-93-4)22-23-80(25-29-94-5)72(89)102-59-40-57-64(55-12-8-6-10-53(55)59)50(42-73)44-81(57)69(86)61-18-19-62(105-61)70(87)82-45-51(43-74)65-56-13-9-7-11-54(56)60(41-58(65)82)103-104(90,91)92/h6-19,40-41,47-48,50-51,66H,20-39,42-46,75H2,1-5H3,(H,76,85)(H,77,84)(H,78,83)(H2,90,91,92). The van der Waals surface area contributed by atoms with Gasteiger partial charge in [0.2, 0.25) is 17.7 Å². The van der Waals surface area contributed by atoms with Crippen molar-refractivity contribution in [2.24, 2.45) is 11.7 Å². The zero-order valence-electron chi connectivity index (χ0n) is 59.4. The Bertz CT molecular complexity index is 3930. The molecule has 2 aliphatic rings. The van der Waals surface area contributed by atoms with Crippen LogP contribution in [0.5, 0.6) is 11.5 Å². The number of carbonyl (C=O) groups excluding carboxylic acids is 7. The number of phosphoric ester groups is 1. The second-order valence-electron chi connectivity index (χ2n) is 24.8. The van der Waals surface area contributed by atoms with Gasteiger partial charge in [0.25, 0.3) is 11.8 Å². The number of nitrogens with zero attached hydrogens (tertiary/aromatic N) is 4. The Balaban J connectivity index is 0.808. The van der Waals surface area contributed by atoms with E-state index < -0.39 is 61.6 Å². The maximum Gasteiger partial charge on any atom is 0.524 e. The summed E-state index contributed by atoms with van der Waals surface area (Å²) in [6.45, 7) is 10.7. The third kappa shape index (κ3) is 23.9. The number of carbonyl (C=O) groups is 7. The number of methoxy groups -OCH3 is 2. The van der Waals surface area contributed by atoms with Crippen molar-refractivity contribution < 1.29 is 99.8 Å². The van der Waals surface area contributed by atoms with Crippen LogP contribution in [0, 0.1) is 5.92 Å².